The van der Waals surface area contributed by atoms with E-state index in [2.05, 4.69) is 11.4 Å². The second kappa shape index (κ2) is 5.85. The predicted molar refractivity (Wildman–Crippen MR) is 76.3 cm³/mol. The summed E-state index contributed by atoms with van der Waals surface area (Å²) in [5, 5.41) is 23.0. The number of aryl methyl sites for hydroxylation is 1. The summed E-state index contributed by atoms with van der Waals surface area (Å²) in [5.74, 6) is 0. The number of rotatable bonds is 4. The monoisotopic (exact) mass is 267 g/mol. The van der Waals surface area contributed by atoms with Gasteiger partial charge in [-0.2, -0.15) is 5.26 Å². The Balaban J connectivity index is 2.19. The minimum absolute atomic E-state index is 0.0644. The van der Waals surface area contributed by atoms with Crippen molar-refractivity contribution in [2.75, 3.05) is 5.32 Å². The minimum atomic E-state index is -0.419. The number of para-hydroxylation sites is 1. The van der Waals surface area contributed by atoms with Gasteiger partial charge in [-0.05, 0) is 24.1 Å². The smallest absolute Gasteiger partial charge is 0.269 e. The number of nitrogens with one attached hydrogen (secondary N) is 1. The molecule has 0 heterocycles. The van der Waals surface area contributed by atoms with Gasteiger partial charge >= 0.3 is 0 Å². The van der Waals surface area contributed by atoms with Crippen LogP contribution in [-0.4, -0.2) is 4.92 Å². The fourth-order valence-corrected chi connectivity index (χ4v) is 1.97. The largest absolute Gasteiger partial charge is 0.380 e. The van der Waals surface area contributed by atoms with E-state index in [0.29, 0.717) is 12.1 Å². The van der Waals surface area contributed by atoms with Crippen LogP contribution in [0, 0.1) is 28.4 Å². The van der Waals surface area contributed by atoms with E-state index >= 15 is 0 Å². The fourth-order valence-electron chi connectivity index (χ4n) is 1.97. The summed E-state index contributed by atoms with van der Waals surface area (Å²) in [4.78, 5) is 10.3. The maximum absolute atomic E-state index is 10.7. The third-order valence-electron chi connectivity index (χ3n) is 2.98. The molecule has 0 bridgehead atoms. The zero-order chi connectivity index (χ0) is 14.5. The maximum Gasteiger partial charge on any atom is 0.269 e. The first-order chi connectivity index (χ1) is 9.61. The highest BCUT2D eigenvalue weighted by Crippen LogP contribution is 2.21. The molecule has 0 aliphatic rings. The van der Waals surface area contributed by atoms with E-state index in [1.807, 2.05) is 25.1 Å². The molecule has 20 heavy (non-hydrogen) atoms. The van der Waals surface area contributed by atoms with Gasteiger partial charge in [0.05, 0.1) is 16.2 Å². The summed E-state index contributed by atoms with van der Waals surface area (Å²) in [5.41, 5.74) is 3.16. The molecule has 0 aliphatic heterocycles. The molecule has 0 aromatic heterocycles. The van der Waals surface area contributed by atoms with Gasteiger partial charge in [-0.15, -0.1) is 0 Å². The van der Waals surface area contributed by atoms with Crippen molar-refractivity contribution in [1.82, 2.24) is 0 Å². The molecule has 5 heteroatoms. The van der Waals surface area contributed by atoms with E-state index in [9.17, 15) is 10.1 Å². The van der Waals surface area contributed by atoms with Crippen molar-refractivity contribution in [2.45, 2.75) is 13.5 Å². The van der Waals surface area contributed by atoms with E-state index in [4.69, 9.17) is 5.26 Å². The van der Waals surface area contributed by atoms with Gasteiger partial charge in [-0.1, -0.05) is 24.3 Å². The van der Waals surface area contributed by atoms with Crippen LogP contribution in [0.3, 0.4) is 0 Å². The Morgan fingerprint density at radius 1 is 1.30 bits per heavy atom. The highest BCUT2D eigenvalue weighted by molar-refractivity contribution is 5.62. The summed E-state index contributed by atoms with van der Waals surface area (Å²) in [7, 11) is 0. The van der Waals surface area contributed by atoms with E-state index in [0.717, 1.165) is 16.8 Å². The summed E-state index contributed by atoms with van der Waals surface area (Å²) < 4.78 is 0. The van der Waals surface area contributed by atoms with Crippen LogP contribution < -0.4 is 5.32 Å². The lowest BCUT2D eigenvalue weighted by atomic mass is 10.1. The molecule has 0 radical (unpaired) electrons. The van der Waals surface area contributed by atoms with E-state index in [-0.39, 0.29) is 5.69 Å². The van der Waals surface area contributed by atoms with Gasteiger partial charge in [0.15, 0.2) is 0 Å². The number of benzene rings is 2. The predicted octanol–water partition coefficient (Wildman–Crippen LogP) is 3.39. The molecular weight excluding hydrogens is 254 g/mol. The standard InChI is InChI=1S/C15H13N3O2/c1-11-4-2-6-13(9-16)15(11)17-10-12-5-3-7-14(8-12)18(19)20/h2-8,17H,10H2,1H3. The number of hydrogen-bond donors (Lipinski definition) is 1. The molecule has 2 aromatic carbocycles. The lowest BCUT2D eigenvalue weighted by Gasteiger charge is -2.11. The van der Waals surface area contributed by atoms with Crippen LogP contribution in [0.2, 0.25) is 0 Å². The summed E-state index contributed by atoms with van der Waals surface area (Å²) in [6, 6.07) is 14.1. The zero-order valence-electron chi connectivity index (χ0n) is 11.0. The van der Waals surface area contributed by atoms with Gasteiger partial charge in [-0.3, -0.25) is 10.1 Å². The van der Waals surface area contributed by atoms with Crippen molar-refractivity contribution in [3.63, 3.8) is 0 Å². The van der Waals surface area contributed by atoms with Crippen LogP contribution in [0.1, 0.15) is 16.7 Å². The molecule has 0 unspecified atom stereocenters. The van der Waals surface area contributed by atoms with Crippen LogP contribution in [0.4, 0.5) is 11.4 Å². The molecule has 0 aliphatic carbocycles. The number of nitrogens with zero attached hydrogens (tertiary/aromatic N) is 2. The van der Waals surface area contributed by atoms with Crippen molar-refractivity contribution in [2.24, 2.45) is 0 Å². The Kier molecular flexibility index (Phi) is 3.96. The molecule has 0 saturated heterocycles. The fraction of sp³-hybridized carbons (Fsp3) is 0.133. The first-order valence-electron chi connectivity index (χ1n) is 6.08. The number of anilines is 1. The third kappa shape index (κ3) is 2.93. The van der Waals surface area contributed by atoms with Crippen LogP contribution >= 0.6 is 0 Å². The maximum atomic E-state index is 10.7. The molecule has 0 saturated carbocycles. The number of hydrogen-bond acceptors (Lipinski definition) is 4. The second-order valence-electron chi connectivity index (χ2n) is 4.39. The van der Waals surface area contributed by atoms with Gasteiger partial charge in [-0.25, -0.2) is 0 Å². The molecule has 0 amide bonds. The molecule has 1 N–H and O–H groups in total. The van der Waals surface area contributed by atoms with Crippen molar-refractivity contribution in [3.8, 4) is 6.07 Å². The van der Waals surface area contributed by atoms with Crippen molar-refractivity contribution in [3.05, 3.63) is 69.3 Å². The Labute approximate surface area is 116 Å². The van der Waals surface area contributed by atoms with Gasteiger partial charge in [0.1, 0.15) is 6.07 Å². The lowest BCUT2D eigenvalue weighted by molar-refractivity contribution is -0.384. The third-order valence-corrected chi connectivity index (χ3v) is 2.98. The molecule has 100 valence electrons. The molecule has 2 rings (SSSR count). The zero-order valence-corrected chi connectivity index (χ0v) is 11.0. The van der Waals surface area contributed by atoms with E-state index < -0.39 is 4.92 Å². The van der Waals surface area contributed by atoms with Crippen LogP contribution in [0.5, 0.6) is 0 Å². The normalized spacial score (nSPS) is 9.80. The lowest BCUT2D eigenvalue weighted by Crippen LogP contribution is -2.03. The van der Waals surface area contributed by atoms with Crippen molar-refractivity contribution in [1.29, 1.82) is 5.26 Å². The number of nitriles is 1. The molecule has 5 nitrogen and oxygen atoms in total. The van der Waals surface area contributed by atoms with Gasteiger partial charge in [0.2, 0.25) is 0 Å². The Morgan fingerprint density at radius 2 is 2.05 bits per heavy atom. The summed E-state index contributed by atoms with van der Waals surface area (Å²) in [6.45, 7) is 2.35. The van der Waals surface area contributed by atoms with E-state index in [1.54, 1.807) is 12.1 Å². The van der Waals surface area contributed by atoms with Gasteiger partial charge in [0.25, 0.3) is 5.69 Å². The second-order valence-corrected chi connectivity index (χ2v) is 4.39. The minimum Gasteiger partial charge on any atom is -0.380 e. The van der Waals surface area contributed by atoms with E-state index in [1.165, 1.54) is 12.1 Å². The van der Waals surface area contributed by atoms with Crippen molar-refractivity contribution < 1.29 is 4.92 Å². The molecule has 0 spiro atoms. The number of nitro groups is 1. The van der Waals surface area contributed by atoms with Crippen LogP contribution in [0.25, 0.3) is 0 Å². The molecular formula is C15H13N3O2. The summed E-state index contributed by atoms with van der Waals surface area (Å²) >= 11 is 0. The number of nitro benzene ring substituents is 1. The highest BCUT2D eigenvalue weighted by atomic mass is 16.6. The van der Waals surface area contributed by atoms with Gasteiger partial charge < -0.3 is 5.32 Å². The first kappa shape index (κ1) is 13.6. The molecule has 0 fully saturated rings. The first-order valence-corrected chi connectivity index (χ1v) is 6.08. The Hall–Kier alpha value is -2.87. The highest BCUT2D eigenvalue weighted by Gasteiger charge is 2.07. The summed E-state index contributed by atoms with van der Waals surface area (Å²) in [6.07, 6.45) is 0. The van der Waals surface area contributed by atoms with Crippen LogP contribution in [-0.2, 0) is 6.54 Å². The SMILES string of the molecule is Cc1cccc(C#N)c1NCc1cccc([N+](=O)[O-])c1. The average Bonchev–Trinajstić information content (AvgIpc) is 2.46. The topological polar surface area (TPSA) is 79.0 Å². The van der Waals surface area contributed by atoms with Crippen molar-refractivity contribution >= 4 is 11.4 Å². The average molecular weight is 267 g/mol. The van der Waals surface area contributed by atoms with Crippen LogP contribution in [0.15, 0.2) is 42.5 Å². The molecule has 0 atom stereocenters. The Bertz CT molecular complexity index is 690. The number of non-ortho nitro benzene ring substituents is 1. The molecule has 2 aromatic rings. The quantitative estimate of drug-likeness (QED) is 0.680. The van der Waals surface area contributed by atoms with Gasteiger partial charge in [0, 0.05) is 18.7 Å². The Morgan fingerprint density at radius 3 is 2.75 bits per heavy atom.